The Labute approximate surface area is 163 Å². The van der Waals surface area contributed by atoms with Crippen LogP contribution < -0.4 is 10.6 Å². The third-order valence-corrected chi connectivity index (χ3v) is 4.42. The summed E-state index contributed by atoms with van der Waals surface area (Å²) < 4.78 is 0. The number of hydrogen-bond donors (Lipinski definition) is 2. The summed E-state index contributed by atoms with van der Waals surface area (Å²) in [5.41, 5.74) is 3.40. The van der Waals surface area contributed by atoms with Crippen LogP contribution >= 0.6 is 0 Å². The zero-order valence-electron chi connectivity index (χ0n) is 16.4. The lowest BCUT2D eigenvalue weighted by Crippen LogP contribution is -2.36. The summed E-state index contributed by atoms with van der Waals surface area (Å²) in [6.07, 6.45) is 0. The Kier molecular flexibility index (Phi) is 6.84. The highest BCUT2D eigenvalue weighted by molar-refractivity contribution is 5.96. The molecule has 28 heavy (non-hydrogen) atoms. The molecular weight excluding hydrogens is 360 g/mol. The van der Waals surface area contributed by atoms with Crippen molar-refractivity contribution in [3.63, 3.8) is 0 Å². The molecule has 8 nitrogen and oxygen atoms in total. The van der Waals surface area contributed by atoms with Gasteiger partial charge in [-0.15, -0.1) is 0 Å². The summed E-state index contributed by atoms with van der Waals surface area (Å²) in [5.74, 6) is -0.676. The lowest BCUT2D eigenvalue weighted by Gasteiger charge is -2.17. The number of para-hydroxylation sites is 1. The average molecular weight is 384 g/mol. The number of nitrogens with one attached hydrogen (secondary N) is 2. The molecule has 0 heterocycles. The zero-order chi connectivity index (χ0) is 20.8. The van der Waals surface area contributed by atoms with Crippen LogP contribution in [0.15, 0.2) is 36.4 Å². The van der Waals surface area contributed by atoms with Gasteiger partial charge in [-0.05, 0) is 50.6 Å². The van der Waals surface area contributed by atoms with E-state index in [1.165, 1.54) is 6.07 Å². The molecule has 0 saturated heterocycles. The molecule has 0 unspecified atom stereocenters. The standard InChI is InChI=1S/C20H24N4O4/c1-13-7-5-9-16(15(13)3)21-18(25)11-23(4)12-19(26)22-20-14(2)8-6-10-17(20)24(27)28/h5-10H,11-12H2,1-4H3,(H,21,25)(H,22,26). The normalized spacial score (nSPS) is 10.6. The van der Waals surface area contributed by atoms with Gasteiger partial charge in [0.15, 0.2) is 0 Å². The predicted molar refractivity (Wildman–Crippen MR) is 109 cm³/mol. The van der Waals surface area contributed by atoms with Crippen LogP contribution in [0.5, 0.6) is 0 Å². The Morgan fingerprint density at radius 2 is 1.54 bits per heavy atom. The van der Waals surface area contributed by atoms with Gasteiger partial charge < -0.3 is 10.6 Å². The van der Waals surface area contributed by atoms with Gasteiger partial charge in [0, 0.05) is 11.8 Å². The molecule has 0 radical (unpaired) electrons. The average Bonchev–Trinajstić information content (AvgIpc) is 2.60. The second kappa shape index (κ2) is 9.09. The quantitative estimate of drug-likeness (QED) is 0.564. The number of carbonyl (C=O) groups excluding carboxylic acids is 2. The van der Waals surface area contributed by atoms with Crippen LogP contribution in [0.3, 0.4) is 0 Å². The molecule has 0 fully saturated rings. The van der Waals surface area contributed by atoms with Crippen LogP contribution in [0.25, 0.3) is 0 Å². The van der Waals surface area contributed by atoms with E-state index in [-0.39, 0.29) is 30.4 Å². The fourth-order valence-corrected chi connectivity index (χ4v) is 2.77. The Bertz CT molecular complexity index is 911. The lowest BCUT2D eigenvalue weighted by molar-refractivity contribution is -0.384. The zero-order valence-corrected chi connectivity index (χ0v) is 16.4. The number of hydrogen-bond acceptors (Lipinski definition) is 5. The molecular formula is C20H24N4O4. The number of benzene rings is 2. The van der Waals surface area contributed by atoms with Crippen molar-refractivity contribution in [2.45, 2.75) is 20.8 Å². The van der Waals surface area contributed by atoms with Crippen molar-refractivity contribution in [3.05, 3.63) is 63.2 Å². The molecule has 2 aromatic rings. The minimum Gasteiger partial charge on any atom is -0.325 e. The molecule has 0 spiro atoms. The van der Waals surface area contributed by atoms with Gasteiger partial charge in [0.05, 0.1) is 18.0 Å². The maximum absolute atomic E-state index is 12.3. The fraction of sp³-hybridized carbons (Fsp3) is 0.300. The molecule has 0 atom stereocenters. The Morgan fingerprint density at radius 1 is 0.964 bits per heavy atom. The Morgan fingerprint density at radius 3 is 2.18 bits per heavy atom. The number of rotatable bonds is 7. The molecule has 0 bridgehead atoms. The van der Waals surface area contributed by atoms with Gasteiger partial charge >= 0.3 is 0 Å². The van der Waals surface area contributed by atoms with E-state index in [0.717, 1.165) is 16.8 Å². The number of carbonyl (C=O) groups is 2. The van der Waals surface area contributed by atoms with E-state index < -0.39 is 10.8 Å². The van der Waals surface area contributed by atoms with Gasteiger partial charge in [-0.25, -0.2) is 0 Å². The first-order valence-corrected chi connectivity index (χ1v) is 8.77. The molecule has 2 N–H and O–H groups in total. The number of aryl methyl sites for hydroxylation is 2. The first-order chi connectivity index (χ1) is 13.2. The molecule has 0 aromatic heterocycles. The van der Waals surface area contributed by atoms with Crippen LogP contribution in [0.1, 0.15) is 16.7 Å². The molecule has 2 aromatic carbocycles. The summed E-state index contributed by atoms with van der Waals surface area (Å²) >= 11 is 0. The van der Waals surface area contributed by atoms with Crippen molar-refractivity contribution >= 4 is 28.9 Å². The van der Waals surface area contributed by atoms with E-state index >= 15 is 0 Å². The minimum atomic E-state index is -0.538. The van der Waals surface area contributed by atoms with Gasteiger partial charge in [-0.2, -0.15) is 0 Å². The number of amides is 2. The highest BCUT2D eigenvalue weighted by Crippen LogP contribution is 2.27. The first kappa shape index (κ1) is 21.0. The molecule has 2 rings (SSSR count). The van der Waals surface area contributed by atoms with E-state index in [2.05, 4.69) is 10.6 Å². The molecule has 2 amide bonds. The lowest BCUT2D eigenvalue weighted by atomic mass is 10.1. The second-order valence-electron chi connectivity index (χ2n) is 6.74. The van der Waals surface area contributed by atoms with Crippen molar-refractivity contribution < 1.29 is 14.5 Å². The largest absolute Gasteiger partial charge is 0.325 e. The first-order valence-electron chi connectivity index (χ1n) is 8.77. The van der Waals surface area contributed by atoms with E-state index in [9.17, 15) is 19.7 Å². The van der Waals surface area contributed by atoms with E-state index in [1.807, 2.05) is 32.0 Å². The summed E-state index contributed by atoms with van der Waals surface area (Å²) in [7, 11) is 1.63. The van der Waals surface area contributed by atoms with Gasteiger partial charge in [-0.3, -0.25) is 24.6 Å². The smallest absolute Gasteiger partial charge is 0.293 e. The number of likely N-dealkylation sites (N-methyl/N-ethyl adjacent to an activating group) is 1. The van der Waals surface area contributed by atoms with Crippen LogP contribution in [0.4, 0.5) is 17.1 Å². The third-order valence-electron chi connectivity index (χ3n) is 4.42. The van der Waals surface area contributed by atoms with Crippen LogP contribution in [-0.2, 0) is 9.59 Å². The maximum atomic E-state index is 12.3. The number of nitrogens with zero attached hydrogens (tertiary/aromatic N) is 2. The molecule has 8 heteroatoms. The maximum Gasteiger partial charge on any atom is 0.293 e. The minimum absolute atomic E-state index is 0.0106. The SMILES string of the molecule is Cc1cccc(NC(=O)CN(C)CC(=O)Nc2c(C)cccc2[N+](=O)[O-])c1C. The predicted octanol–water partition coefficient (Wildman–Crippen LogP) is 3.03. The van der Waals surface area contributed by atoms with Crippen LogP contribution in [-0.4, -0.2) is 41.8 Å². The molecule has 148 valence electrons. The fourth-order valence-electron chi connectivity index (χ4n) is 2.77. The Balaban J connectivity index is 1.95. The molecule has 0 aliphatic rings. The summed E-state index contributed by atoms with van der Waals surface area (Å²) in [4.78, 5) is 36.7. The van der Waals surface area contributed by atoms with Crippen molar-refractivity contribution in [1.29, 1.82) is 0 Å². The van der Waals surface area contributed by atoms with Gasteiger partial charge in [-0.1, -0.05) is 24.3 Å². The highest BCUT2D eigenvalue weighted by atomic mass is 16.6. The van der Waals surface area contributed by atoms with E-state index in [0.29, 0.717) is 5.56 Å². The molecule has 0 saturated carbocycles. The van der Waals surface area contributed by atoms with Gasteiger partial charge in [0.2, 0.25) is 11.8 Å². The summed E-state index contributed by atoms with van der Waals surface area (Å²) in [6, 6.07) is 10.2. The molecule has 0 aliphatic heterocycles. The van der Waals surface area contributed by atoms with E-state index in [4.69, 9.17) is 0 Å². The van der Waals surface area contributed by atoms with Crippen molar-refractivity contribution in [2.24, 2.45) is 0 Å². The Hall–Kier alpha value is -3.26. The van der Waals surface area contributed by atoms with Crippen molar-refractivity contribution in [2.75, 3.05) is 30.8 Å². The summed E-state index contributed by atoms with van der Waals surface area (Å²) in [6.45, 7) is 5.51. The number of nitro benzene ring substituents is 1. The number of anilines is 2. The van der Waals surface area contributed by atoms with Crippen LogP contribution in [0.2, 0.25) is 0 Å². The monoisotopic (exact) mass is 384 g/mol. The van der Waals surface area contributed by atoms with Gasteiger partial charge in [0.1, 0.15) is 5.69 Å². The second-order valence-corrected chi connectivity index (χ2v) is 6.74. The number of nitro groups is 1. The molecule has 0 aliphatic carbocycles. The van der Waals surface area contributed by atoms with Gasteiger partial charge in [0.25, 0.3) is 5.69 Å². The summed E-state index contributed by atoms with van der Waals surface area (Å²) in [5, 5.41) is 16.6. The van der Waals surface area contributed by atoms with E-state index in [1.54, 1.807) is 31.0 Å². The van der Waals surface area contributed by atoms with Crippen LogP contribution in [0, 0.1) is 30.9 Å². The highest BCUT2D eigenvalue weighted by Gasteiger charge is 2.19. The third kappa shape index (κ3) is 5.37. The topological polar surface area (TPSA) is 105 Å². The van der Waals surface area contributed by atoms with Crippen molar-refractivity contribution in [1.82, 2.24) is 4.90 Å². The van der Waals surface area contributed by atoms with Crippen molar-refractivity contribution in [3.8, 4) is 0 Å².